The molecule has 0 fully saturated rings. The molecular formula is C14H20Cl2N2S. The summed E-state index contributed by atoms with van der Waals surface area (Å²) in [6.07, 6.45) is 3.12. The van der Waals surface area contributed by atoms with E-state index in [0.717, 1.165) is 29.9 Å². The summed E-state index contributed by atoms with van der Waals surface area (Å²) in [4.78, 5) is 1.14. The van der Waals surface area contributed by atoms with Crippen molar-refractivity contribution in [3.05, 3.63) is 28.2 Å². The Morgan fingerprint density at radius 2 is 1.95 bits per heavy atom. The van der Waals surface area contributed by atoms with Crippen LogP contribution < -0.4 is 5.73 Å². The first-order valence-corrected chi connectivity index (χ1v) is 7.99. The SMILES string of the molecule is CC(C)(CCCCSc1ccc(Cl)c(Cl)c1)C(=N)N. The highest BCUT2D eigenvalue weighted by Gasteiger charge is 2.20. The van der Waals surface area contributed by atoms with Crippen molar-refractivity contribution in [1.82, 2.24) is 0 Å². The summed E-state index contributed by atoms with van der Waals surface area (Å²) in [5.41, 5.74) is 5.37. The zero-order valence-corrected chi connectivity index (χ0v) is 13.6. The summed E-state index contributed by atoms with van der Waals surface area (Å²) in [6, 6.07) is 5.71. The van der Waals surface area contributed by atoms with E-state index in [1.807, 2.05) is 32.0 Å². The van der Waals surface area contributed by atoms with Gasteiger partial charge < -0.3 is 5.73 Å². The molecule has 0 aliphatic heterocycles. The van der Waals surface area contributed by atoms with Gasteiger partial charge in [-0.15, -0.1) is 11.8 Å². The second-order valence-corrected chi connectivity index (χ2v) is 7.16. The third-order valence-corrected chi connectivity index (χ3v) is 4.90. The fourth-order valence-corrected chi connectivity index (χ4v) is 2.87. The van der Waals surface area contributed by atoms with Crippen molar-refractivity contribution >= 4 is 40.8 Å². The van der Waals surface area contributed by atoms with Gasteiger partial charge in [0.05, 0.1) is 15.9 Å². The number of hydrogen-bond donors (Lipinski definition) is 2. The van der Waals surface area contributed by atoms with E-state index in [2.05, 4.69) is 0 Å². The lowest BCUT2D eigenvalue weighted by Crippen LogP contribution is -2.30. The molecule has 2 nitrogen and oxygen atoms in total. The minimum Gasteiger partial charge on any atom is -0.387 e. The van der Waals surface area contributed by atoms with Crippen LogP contribution in [0.5, 0.6) is 0 Å². The number of rotatable bonds is 7. The molecule has 0 unspecified atom stereocenters. The van der Waals surface area contributed by atoms with Crippen molar-refractivity contribution in [2.45, 2.75) is 38.0 Å². The topological polar surface area (TPSA) is 49.9 Å². The zero-order valence-electron chi connectivity index (χ0n) is 11.3. The highest BCUT2D eigenvalue weighted by molar-refractivity contribution is 7.99. The molecule has 0 heterocycles. The number of nitrogens with one attached hydrogen (secondary N) is 1. The zero-order chi connectivity index (χ0) is 14.5. The van der Waals surface area contributed by atoms with Gasteiger partial charge in [-0.2, -0.15) is 0 Å². The van der Waals surface area contributed by atoms with Crippen molar-refractivity contribution in [2.75, 3.05) is 5.75 Å². The van der Waals surface area contributed by atoms with Crippen LogP contribution in [0.2, 0.25) is 10.0 Å². The molecule has 1 rings (SSSR count). The van der Waals surface area contributed by atoms with Gasteiger partial charge in [0, 0.05) is 10.3 Å². The highest BCUT2D eigenvalue weighted by Crippen LogP contribution is 2.29. The lowest BCUT2D eigenvalue weighted by atomic mass is 9.86. The van der Waals surface area contributed by atoms with Crippen LogP contribution in [0.4, 0.5) is 0 Å². The minimum absolute atomic E-state index is 0.186. The Balaban J connectivity index is 2.28. The Kier molecular flexibility index (Phi) is 6.51. The fourth-order valence-electron chi connectivity index (χ4n) is 1.56. The maximum absolute atomic E-state index is 7.50. The average Bonchev–Trinajstić information content (AvgIpc) is 2.33. The molecule has 5 heteroatoms. The lowest BCUT2D eigenvalue weighted by molar-refractivity contribution is 0.448. The molecule has 3 N–H and O–H groups in total. The summed E-state index contributed by atoms with van der Waals surface area (Å²) in [6.45, 7) is 4.03. The van der Waals surface area contributed by atoms with E-state index in [1.54, 1.807) is 11.8 Å². The van der Waals surface area contributed by atoms with Gasteiger partial charge in [-0.1, -0.05) is 43.5 Å². The molecule has 0 aliphatic rings. The van der Waals surface area contributed by atoms with Crippen LogP contribution in [-0.4, -0.2) is 11.6 Å². The predicted octanol–water partition coefficient (Wildman–Crippen LogP) is 5.22. The second-order valence-electron chi connectivity index (χ2n) is 5.18. The van der Waals surface area contributed by atoms with Crippen LogP contribution in [0.15, 0.2) is 23.1 Å². The Bertz CT molecular complexity index is 447. The first-order valence-electron chi connectivity index (χ1n) is 6.25. The average molecular weight is 319 g/mol. The molecule has 0 radical (unpaired) electrons. The molecule has 0 bridgehead atoms. The molecule has 0 aromatic heterocycles. The number of amidine groups is 1. The molecule has 0 amide bonds. The Labute approximate surface area is 129 Å². The van der Waals surface area contributed by atoms with Crippen LogP contribution in [0.3, 0.4) is 0 Å². The maximum Gasteiger partial charge on any atom is 0.0963 e. The van der Waals surface area contributed by atoms with E-state index in [9.17, 15) is 0 Å². The summed E-state index contributed by atoms with van der Waals surface area (Å²) in [7, 11) is 0. The molecule has 0 saturated carbocycles. The standard InChI is InChI=1S/C14H20Cl2N2S/c1-14(2,13(17)18)7-3-4-8-19-10-5-6-11(15)12(16)9-10/h5-6,9H,3-4,7-8H2,1-2H3,(H3,17,18). The molecular weight excluding hydrogens is 299 g/mol. The molecule has 0 spiro atoms. The summed E-state index contributed by atoms with van der Waals surface area (Å²) >= 11 is 13.6. The number of benzene rings is 1. The molecule has 0 saturated heterocycles. The molecule has 19 heavy (non-hydrogen) atoms. The normalized spacial score (nSPS) is 11.6. The second kappa shape index (κ2) is 7.41. The molecule has 106 valence electrons. The summed E-state index contributed by atoms with van der Waals surface area (Å²) in [5.74, 6) is 1.30. The Morgan fingerprint density at radius 3 is 2.53 bits per heavy atom. The maximum atomic E-state index is 7.50. The molecule has 0 aliphatic carbocycles. The van der Waals surface area contributed by atoms with E-state index in [-0.39, 0.29) is 11.3 Å². The summed E-state index contributed by atoms with van der Waals surface area (Å²) in [5, 5.41) is 8.69. The van der Waals surface area contributed by atoms with Gasteiger partial charge in [-0.05, 0) is 36.8 Å². The molecule has 1 aromatic carbocycles. The van der Waals surface area contributed by atoms with Crippen LogP contribution >= 0.6 is 35.0 Å². The van der Waals surface area contributed by atoms with Gasteiger partial charge in [0.2, 0.25) is 0 Å². The minimum atomic E-state index is -0.186. The summed E-state index contributed by atoms with van der Waals surface area (Å²) < 4.78 is 0. The van der Waals surface area contributed by atoms with Gasteiger partial charge in [-0.25, -0.2) is 0 Å². The largest absolute Gasteiger partial charge is 0.387 e. The van der Waals surface area contributed by atoms with Crippen LogP contribution in [0, 0.1) is 10.8 Å². The van der Waals surface area contributed by atoms with Crippen LogP contribution in [0.25, 0.3) is 0 Å². The quantitative estimate of drug-likeness (QED) is 0.313. The number of hydrogen-bond acceptors (Lipinski definition) is 2. The Morgan fingerprint density at radius 1 is 1.26 bits per heavy atom. The smallest absolute Gasteiger partial charge is 0.0963 e. The monoisotopic (exact) mass is 318 g/mol. The number of unbranched alkanes of at least 4 members (excludes halogenated alkanes) is 1. The van der Waals surface area contributed by atoms with Gasteiger partial charge in [0.15, 0.2) is 0 Å². The van der Waals surface area contributed by atoms with Gasteiger partial charge in [-0.3, -0.25) is 5.41 Å². The first-order chi connectivity index (χ1) is 8.83. The van der Waals surface area contributed by atoms with Crippen molar-refractivity contribution < 1.29 is 0 Å². The van der Waals surface area contributed by atoms with Crippen molar-refractivity contribution in [2.24, 2.45) is 11.1 Å². The van der Waals surface area contributed by atoms with Crippen molar-refractivity contribution in [1.29, 1.82) is 5.41 Å². The molecule has 0 atom stereocenters. The highest BCUT2D eigenvalue weighted by atomic mass is 35.5. The van der Waals surface area contributed by atoms with Crippen molar-refractivity contribution in [3.63, 3.8) is 0 Å². The third-order valence-electron chi connectivity index (χ3n) is 3.09. The number of nitrogens with two attached hydrogens (primary N) is 1. The predicted molar refractivity (Wildman–Crippen MR) is 86.7 cm³/mol. The van der Waals surface area contributed by atoms with Crippen LogP contribution in [0.1, 0.15) is 33.1 Å². The van der Waals surface area contributed by atoms with E-state index < -0.39 is 0 Å². The van der Waals surface area contributed by atoms with E-state index in [0.29, 0.717) is 10.0 Å². The third kappa shape index (κ3) is 5.64. The lowest BCUT2D eigenvalue weighted by Gasteiger charge is -2.22. The molecule has 1 aromatic rings. The number of thioether (sulfide) groups is 1. The van der Waals surface area contributed by atoms with E-state index in [1.165, 1.54) is 0 Å². The van der Waals surface area contributed by atoms with E-state index in [4.69, 9.17) is 34.3 Å². The first kappa shape index (κ1) is 16.7. The fraction of sp³-hybridized carbons (Fsp3) is 0.500. The van der Waals surface area contributed by atoms with Gasteiger partial charge >= 0.3 is 0 Å². The van der Waals surface area contributed by atoms with Crippen molar-refractivity contribution in [3.8, 4) is 0 Å². The van der Waals surface area contributed by atoms with Gasteiger partial charge in [0.25, 0.3) is 0 Å². The number of halogens is 2. The van der Waals surface area contributed by atoms with Crippen LogP contribution in [-0.2, 0) is 0 Å². The van der Waals surface area contributed by atoms with E-state index >= 15 is 0 Å². The Hall–Kier alpha value is -0.380. The van der Waals surface area contributed by atoms with Gasteiger partial charge in [0.1, 0.15) is 0 Å².